The topological polar surface area (TPSA) is 129 Å². The van der Waals surface area contributed by atoms with Gasteiger partial charge in [-0.1, -0.05) is 11.6 Å². The third-order valence-electron chi connectivity index (χ3n) is 4.11. The van der Waals surface area contributed by atoms with E-state index in [-0.39, 0.29) is 17.1 Å². The Balaban J connectivity index is 2.06. The van der Waals surface area contributed by atoms with Crippen molar-refractivity contribution in [2.24, 2.45) is 4.99 Å². The van der Waals surface area contributed by atoms with Crippen LogP contribution in [0.1, 0.15) is 13.2 Å². The van der Waals surface area contributed by atoms with Crippen LogP contribution in [0.3, 0.4) is 0 Å². The van der Waals surface area contributed by atoms with E-state index in [1.54, 1.807) is 11.9 Å². The van der Waals surface area contributed by atoms with Crippen molar-refractivity contribution in [2.75, 3.05) is 20.2 Å². The molecule has 26 heavy (non-hydrogen) atoms. The Morgan fingerprint density at radius 1 is 1.65 bits per heavy atom. The minimum absolute atomic E-state index is 0.0131. The zero-order valence-corrected chi connectivity index (χ0v) is 14.8. The minimum Gasteiger partial charge on any atom is -0.394 e. The number of imidazole rings is 1. The number of H-pyrrole nitrogens is 1. The number of alkyl halides is 2. The second-order valence-electron chi connectivity index (χ2n) is 5.86. The van der Waals surface area contributed by atoms with Crippen LogP contribution in [0.25, 0.3) is 11.2 Å². The summed E-state index contributed by atoms with van der Waals surface area (Å²) in [6, 6.07) is 0. The number of aliphatic hydroxyl groups excluding tert-OH is 2. The Kier molecular flexibility index (Phi) is 4.97. The standard InChI is InChI=1S/C14H18ClFN6O4/c1-3-21(2)5-18-13-19-10-8(11(25)20-13)17-6-22(10)12-14(15,16)9(24)7(4-23)26-12/h5-7,9,12,23-24H,3-4H2,1-2H3,(H,19,20,25)/t7-,9-,12-,14-/m1/s1. The van der Waals surface area contributed by atoms with Crippen molar-refractivity contribution in [3.63, 3.8) is 0 Å². The van der Waals surface area contributed by atoms with E-state index < -0.39 is 35.7 Å². The summed E-state index contributed by atoms with van der Waals surface area (Å²) in [5, 5.41) is 16.4. The molecule has 1 aliphatic rings. The number of halogens is 2. The highest BCUT2D eigenvalue weighted by atomic mass is 35.5. The molecule has 0 aromatic carbocycles. The lowest BCUT2D eigenvalue weighted by atomic mass is 10.1. The highest BCUT2D eigenvalue weighted by Gasteiger charge is 2.57. The Labute approximate surface area is 151 Å². The molecule has 3 rings (SSSR count). The number of aromatic amines is 1. The van der Waals surface area contributed by atoms with Crippen LogP contribution in [-0.4, -0.2) is 78.5 Å². The number of hydrogen-bond acceptors (Lipinski definition) is 7. The molecule has 2 aromatic rings. The van der Waals surface area contributed by atoms with Gasteiger partial charge in [-0.3, -0.25) is 14.3 Å². The number of aromatic nitrogens is 4. The minimum atomic E-state index is -2.74. The predicted octanol–water partition coefficient (Wildman–Crippen LogP) is -0.114. The van der Waals surface area contributed by atoms with Crippen LogP contribution in [0.15, 0.2) is 16.1 Å². The number of rotatable bonds is 5. The quantitative estimate of drug-likeness (QED) is 0.370. The van der Waals surface area contributed by atoms with Crippen molar-refractivity contribution in [2.45, 2.75) is 30.5 Å². The van der Waals surface area contributed by atoms with E-state index >= 15 is 0 Å². The van der Waals surface area contributed by atoms with Crippen molar-refractivity contribution in [3.8, 4) is 0 Å². The van der Waals surface area contributed by atoms with E-state index in [4.69, 9.17) is 16.3 Å². The lowest BCUT2D eigenvalue weighted by Gasteiger charge is -2.22. The molecule has 1 aliphatic heterocycles. The highest BCUT2D eigenvalue weighted by Crippen LogP contribution is 2.45. The molecule has 2 aromatic heterocycles. The fourth-order valence-corrected chi connectivity index (χ4v) is 2.80. The molecular weight excluding hydrogens is 371 g/mol. The second-order valence-corrected chi connectivity index (χ2v) is 6.44. The van der Waals surface area contributed by atoms with Gasteiger partial charge in [0, 0.05) is 13.6 Å². The predicted molar refractivity (Wildman–Crippen MR) is 91.3 cm³/mol. The van der Waals surface area contributed by atoms with E-state index in [2.05, 4.69) is 19.9 Å². The number of aliphatic imine (C=N–C) groups is 1. The largest absolute Gasteiger partial charge is 0.394 e. The molecule has 1 fully saturated rings. The van der Waals surface area contributed by atoms with Gasteiger partial charge in [0.05, 0.1) is 19.3 Å². The number of fused-ring (bicyclic) bond motifs is 1. The molecule has 12 heteroatoms. The van der Waals surface area contributed by atoms with Gasteiger partial charge in [-0.25, -0.2) is 14.4 Å². The fourth-order valence-electron chi connectivity index (χ4n) is 2.50. The van der Waals surface area contributed by atoms with Gasteiger partial charge in [-0.2, -0.15) is 4.98 Å². The molecule has 0 bridgehead atoms. The van der Waals surface area contributed by atoms with Crippen molar-refractivity contribution in [1.82, 2.24) is 24.4 Å². The molecule has 142 valence electrons. The van der Waals surface area contributed by atoms with Crippen molar-refractivity contribution >= 4 is 35.1 Å². The molecule has 10 nitrogen and oxygen atoms in total. The summed E-state index contributed by atoms with van der Waals surface area (Å²) in [4.78, 5) is 28.5. The molecule has 0 spiro atoms. The molecule has 3 heterocycles. The van der Waals surface area contributed by atoms with E-state index in [1.807, 2.05) is 6.92 Å². The zero-order valence-electron chi connectivity index (χ0n) is 14.0. The van der Waals surface area contributed by atoms with Crippen LogP contribution in [0.5, 0.6) is 0 Å². The van der Waals surface area contributed by atoms with Gasteiger partial charge in [0.25, 0.3) is 10.7 Å². The van der Waals surface area contributed by atoms with Crippen LogP contribution >= 0.6 is 11.6 Å². The van der Waals surface area contributed by atoms with Crippen LogP contribution < -0.4 is 5.56 Å². The lowest BCUT2D eigenvalue weighted by molar-refractivity contribution is -0.0482. The van der Waals surface area contributed by atoms with Crippen molar-refractivity contribution < 1.29 is 19.3 Å². The lowest BCUT2D eigenvalue weighted by Crippen LogP contribution is -2.38. The van der Waals surface area contributed by atoms with Gasteiger partial charge in [-0.05, 0) is 6.92 Å². The van der Waals surface area contributed by atoms with E-state index in [0.717, 1.165) is 10.9 Å². The molecule has 4 atom stereocenters. The molecule has 1 saturated heterocycles. The zero-order chi connectivity index (χ0) is 19.1. The Hall–Kier alpha value is -2.08. The Bertz CT molecular complexity index is 884. The van der Waals surface area contributed by atoms with Gasteiger partial charge in [0.1, 0.15) is 12.2 Å². The summed E-state index contributed by atoms with van der Waals surface area (Å²) in [6.45, 7) is 1.98. The summed E-state index contributed by atoms with van der Waals surface area (Å²) in [7, 11) is 1.79. The van der Waals surface area contributed by atoms with Crippen LogP contribution in [0, 0.1) is 0 Å². The van der Waals surface area contributed by atoms with Gasteiger partial charge in [-0.15, -0.1) is 0 Å². The number of aliphatic hydroxyl groups is 2. The van der Waals surface area contributed by atoms with Gasteiger partial charge < -0.3 is 19.8 Å². The molecule has 3 N–H and O–H groups in total. The number of hydrogen-bond donors (Lipinski definition) is 3. The Morgan fingerprint density at radius 3 is 3.00 bits per heavy atom. The highest BCUT2D eigenvalue weighted by molar-refractivity contribution is 6.23. The maximum atomic E-state index is 14.8. The second kappa shape index (κ2) is 6.91. The number of ether oxygens (including phenoxy) is 1. The summed E-state index contributed by atoms with van der Waals surface area (Å²) in [5.41, 5.74) is -0.652. The third kappa shape index (κ3) is 3.07. The first-order valence-corrected chi connectivity index (χ1v) is 8.20. The average molecular weight is 389 g/mol. The average Bonchev–Trinajstić information content (AvgIpc) is 3.12. The van der Waals surface area contributed by atoms with E-state index in [0.29, 0.717) is 6.54 Å². The normalized spacial score (nSPS) is 29.1. The number of nitrogens with zero attached hydrogens (tertiary/aromatic N) is 5. The summed E-state index contributed by atoms with van der Waals surface area (Å²) >= 11 is 5.80. The molecule has 0 radical (unpaired) electrons. The van der Waals surface area contributed by atoms with Crippen LogP contribution in [0.2, 0.25) is 0 Å². The SMILES string of the molecule is CCN(C)C=Nc1nc2c(ncn2[C@@H]2O[C@H](CO)[C@@H](O)[C@]2(F)Cl)c(=O)[nH]1. The van der Waals surface area contributed by atoms with Gasteiger partial charge in [0.15, 0.2) is 17.4 Å². The first kappa shape index (κ1) is 18.7. The summed E-state index contributed by atoms with van der Waals surface area (Å²) < 4.78 is 21.2. The molecule has 0 saturated carbocycles. The number of nitrogens with one attached hydrogen (secondary N) is 1. The summed E-state index contributed by atoms with van der Waals surface area (Å²) in [6.07, 6.45) is -1.92. The van der Waals surface area contributed by atoms with Crippen molar-refractivity contribution in [3.05, 3.63) is 16.7 Å². The van der Waals surface area contributed by atoms with E-state index in [1.165, 1.54) is 6.34 Å². The van der Waals surface area contributed by atoms with Crippen molar-refractivity contribution in [1.29, 1.82) is 0 Å². The first-order chi connectivity index (χ1) is 12.3. The van der Waals surface area contributed by atoms with E-state index in [9.17, 15) is 19.4 Å². The van der Waals surface area contributed by atoms with Crippen LogP contribution in [0.4, 0.5) is 10.3 Å². The molecule has 0 unspecified atom stereocenters. The van der Waals surface area contributed by atoms with Gasteiger partial charge in [0.2, 0.25) is 5.95 Å². The maximum Gasteiger partial charge on any atom is 0.280 e. The van der Waals surface area contributed by atoms with Gasteiger partial charge >= 0.3 is 0 Å². The fraction of sp³-hybridized carbons (Fsp3) is 0.571. The maximum absolute atomic E-state index is 14.8. The summed E-state index contributed by atoms with van der Waals surface area (Å²) in [5.74, 6) is -0.0131. The van der Waals surface area contributed by atoms with Crippen LogP contribution in [-0.2, 0) is 4.74 Å². The Morgan fingerprint density at radius 2 is 2.38 bits per heavy atom. The monoisotopic (exact) mass is 388 g/mol. The molecule has 0 aliphatic carbocycles. The third-order valence-corrected chi connectivity index (χ3v) is 4.52. The molecule has 0 amide bonds. The molecular formula is C14H18ClFN6O4. The smallest absolute Gasteiger partial charge is 0.280 e. The first-order valence-electron chi connectivity index (χ1n) is 7.83.